The molecule has 2 aromatic heterocycles. The lowest BCUT2D eigenvalue weighted by atomic mass is 10.0. The smallest absolute Gasteiger partial charge is 0.241 e. The maximum absolute atomic E-state index is 11.5. The third-order valence-electron chi connectivity index (χ3n) is 3.73. The molecule has 0 aromatic carbocycles. The van der Waals surface area contributed by atoms with Crippen molar-refractivity contribution in [2.45, 2.75) is 23.2 Å². The molecule has 6 nitrogen and oxygen atoms in total. The van der Waals surface area contributed by atoms with Crippen molar-refractivity contribution in [3.8, 4) is 0 Å². The molecule has 21 heavy (non-hydrogen) atoms. The number of nitrogens with two attached hydrogens (primary N) is 1. The lowest BCUT2D eigenvalue weighted by Crippen LogP contribution is -2.23. The first-order valence-corrected chi connectivity index (χ1v) is 8.19. The number of hydrogen-bond acceptors (Lipinski definition) is 5. The van der Waals surface area contributed by atoms with Crippen LogP contribution < -0.4 is 10.5 Å². The van der Waals surface area contributed by atoms with Gasteiger partial charge in [0.15, 0.2) is 0 Å². The van der Waals surface area contributed by atoms with Gasteiger partial charge in [0.2, 0.25) is 10.0 Å². The predicted octanol–water partition coefficient (Wildman–Crippen LogP) is 1.27. The first-order chi connectivity index (χ1) is 10.0. The number of pyridine rings is 2. The molecule has 1 saturated carbocycles. The van der Waals surface area contributed by atoms with Crippen LogP contribution in [0.2, 0.25) is 0 Å². The molecule has 3 rings (SSSR count). The largest absolute Gasteiger partial charge is 0.368 e. The van der Waals surface area contributed by atoms with Crippen molar-refractivity contribution in [2.24, 2.45) is 5.14 Å². The molecule has 1 aliphatic rings. The fourth-order valence-electron chi connectivity index (χ4n) is 2.36. The van der Waals surface area contributed by atoms with Crippen LogP contribution in [0.25, 0.3) is 0 Å². The fourth-order valence-corrected chi connectivity index (χ4v) is 3.02. The van der Waals surface area contributed by atoms with Gasteiger partial charge in [-0.3, -0.25) is 4.98 Å². The van der Waals surface area contributed by atoms with E-state index in [1.165, 1.54) is 12.3 Å². The first kappa shape index (κ1) is 14.0. The normalized spacial score (nSPS) is 16.4. The number of sulfonamides is 1. The zero-order valence-corrected chi connectivity index (χ0v) is 12.2. The molecule has 1 fully saturated rings. The maximum atomic E-state index is 11.5. The summed E-state index contributed by atoms with van der Waals surface area (Å²) in [5, 5.41) is 8.31. The van der Waals surface area contributed by atoms with Gasteiger partial charge in [-0.2, -0.15) is 0 Å². The summed E-state index contributed by atoms with van der Waals surface area (Å²) in [4.78, 5) is 8.49. The molecule has 0 amide bonds. The molecule has 3 N–H and O–H groups in total. The predicted molar refractivity (Wildman–Crippen MR) is 79.2 cm³/mol. The van der Waals surface area contributed by atoms with Crippen LogP contribution in [-0.4, -0.2) is 24.9 Å². The molecule has 0 bridgehead atoms. The van der Waals surface area contributed by atoms with Crippen molar-refractivity contribution in [1.82, 2.24) is 9.97 Å². The second-order valence-corrected chi connectivity index (χ2v) is 6.77. The third kappa shape index (κ3) is 2.88. The van der Waals surface area contributed by atoms with Crippen LogP contribution in [0.15, 0.2) is 47.6 Å². The Morgan fingerprint density at radius 3 is 2.52 bits per heavy atom. The molecule has 0 unspecified atom stereocenters. The highest BCUT2D eigenvalue weighted by Gasteiger charge is 2.45. The van der Waals surface area contributed by atoms with E-state index >= 15 is 0 Å². The molecule has 0 saturated heterocycles. The highest BCUT2D eigenvalue weighted by Crippen LogP contribution is 2.47. The van der Waals surface area contributed by atoms with Crippen molar-refractivity contribution in [3.05, 3.63) is 48.4 Å². The van der Waals surface area contributed by atoms with Gasteiger partial charge < -0.3 is 5.32 Å². The average Bonchev–Trinajstić information content (AvgIpc) is 3.27. The highest BCUT2D eigenvalue weighted by molar-refractivity contribution is 7.89. The minimum absolute atomic E-state index is 0.0156. The second kappa shape index (κ2) is 5.09. The van der Waals surface area contributed by atoms with Gasteiger partial charge in [0.1, 0.15) is 10.7 Å². The monoisotopic (exact) mass is 304 g/mol. The van der Waals surface area contributed by atoms with E-state index in [0.717, 1.165) is 18.5 Å². The summed E-state index contributed by atoms with van der Waals surface area (Å²) in [6, 6.07) is 8.83. The number of nitrogens with one attached hydrogen (secondary N) is 1. The molecular weight excluding hydrogens is 288 g/mol. The van der Waals surface area contributed by atoms with Gasteiger partial charge in [-0.1, -0.05) is 6.07 Å². The van der Waals surface area contributed by atoms with Crippen LogP contribution in [0.4, 0.5) is 5.82 Å². The van der Waals surface area contributed by atoms with Crippen LogP contribution in [0.5, 0.6) is 0 Å². The summed E-state index contributed by atoms with van der Waals surface area (Å²) in [7, 11) is -3.79. The molecule has 7 heteroatoms. The molecular formula is C14H16N4O2S. The number of primary sulfonamides is 1. The summed E-state index contributed by atoms with van der Waals surface area (Å²) >= 11 is 0. The quantitative estimate of drug-likeness (QED) is 0.866. The Kier molecular flexibility index (Phi) is 3.38. The minimum Gasteiger partial charge on any atom is -0.368 e. The number of anilines is 1. The minimum atomic E-state index is -3.79. The van der Waals surface area contributed by atoms with Crippen molar-refractivity contribution >= 4 is 15.8 Å². The van der Waals surface area contributed by atoms with E-state index in [1.54, 1.807) is 12.3 Å². The Hall–Kier alpha value is -1.99. The summed E-state index contributed by atoms with van der Waals surface area (Å²) < 4.78 is 23.1. The molecule has 0 aliphatic heterocycles. The maximum Gasteiger partial charge on any atom is 0.241 e. The molecule has 0 atom stereocenters. The van der Waals surface area contributed by atoms with Gasteiger partial charge in [-0.25, -0.2) is 18.5 Å². The SMILES string of the molecule is NS(=O)(=O)c1cccnc1NCC1(c2ccccn2)CC1. The Labute approximate surface area is 123 Å². The molecule has 1 aliphatic carbocycles. The van der Waals surface area contributed by atoms with E-state index in [-0.39, 0.29) is 10.3 Å². The van der Waals surface area contributed by atoms with Gasteiger partial charge in [0, 0.05) is 30.0 Å². The standard InChI is InChI=1S/C14H16N4O2S/c15-21(19,20)11-4-3-9-17-13(11)18-10-14(6-7-14)12-5-1-2-8-16-12/h1-5,8-9H,6-7,10H2,(H,17,18)(H2,15,19,20). The summed E-state index contributed by atoms with van der Waals surface area (Å²) in [5.41, 5.74) is 0.986. The van der Waals surface area contributed by atoms with Gasteiger partial charge in [-0.05, 0) is 37.1 Å². The number of aromatic nitrogens is 2. The lowest BCUT2D eigenvalue weighted by molar-refractivity contribution is 0.597. The van der Waals surface area contributed by atoms with Crippen molar-refractivity contribution in [2.75, 3.05) is 11.9 Å². The van der Waals surface area contributed by atoms with Crippen LogP contribution in [-0.2, 0) is 15.4 Å². The Morgan fingerprint density at radius 1 is 1.14 bits per heavy atom. The van der Waals surface area contributed by atoms with Gasteiger partial charge in [0.05, 0.1) is 0 Å². The van der Waals surface area contributed by atoms with E-state index in [4.69, 9.17) is 5.14 Å². The Morgan fingerprint density at radius 2 is 1.90 bits per heavy atom. The van der Waals surface area contributed by atoms with E-state index in [1.807, 2.05) is 18.2 Å². The Bertz CT molecular complexity index is 743. The van der Waals surface area contributed by atoms with Crippen LogP contribution in [0.1, 0.15) is 18.5 Å². The average molecular weight is 304 g/mol. The number of rotatable bonds is 5. The van der Waals surface area contributed by atoms with Crippen LogP contribution in [0.3, 0.4) is 0 Å². The molecule has 0 spiro atoms. The van der Waals surface area contributed by atoms with Gasteiger partial charge in [-0.15, -0.1) is 0 Å². The Balaban J connectivity index is 1.81. The molecule has 2 aromatic rings. The first-order valence-electron chi connectivity index (χ1n) is 6.65. The van der Waals surface area contributed by atoms with Crippen molar-refractivity contribution < 1.29 is 8.42 Å². The summed E-state index contributed by atoms with van der Waals surface area (Å²) in [6.07, 6.45) is 5.35. The zero-order chi connectivity index (χ0) is 14.9. The van der Waals surface area contributed by atoms with Gasteiger partial charge in [0.25, 0.3) is 0 Å². The lowest BCUT2D eigenvalue weighted by Gasteiger charge is -2.17. The summed E-state index contributed by atoms with van der Waals surface area (Å²) in [5.74, 6) is 0.294. The summed E-state index contributed by atoms with van der Waals surface area (Å²) in [6.45, 7) is 0.587. The van der Waals surface area contributed by atoms with Gasteiger partial charge >= 0.3 is 0 Å². The van der Waals surface area contributed by atoms with Crippen LogP contribution in [0, 0.1) is 0 Å². The van der Waals surface area contributed by atoms with Crippen LogP contribution >= 0.6 is 0 Å². The number of hydrogen-bond donors (Lipinski definition) is 2. The van der Waals surface area contributed by atoms with E-state index < -0.39 is 10.0 Å². The van der Waals surface area contributed by atoms with E-state index in [9.17, 15) is 8.42 Å². The molecule has 0 radical (unpaired) electrons. The molecule has 2 heterocycles. The third-order valence-corrected chi connectivity index (χ3v) is 4.68. The second-order valence-electron chi connectivity index (χ2n) is 5.24. The fraction of sp³-hybridized carbons (Fsp3) is 0.286. The van der Waals surface area contributed by atoms with Crippen molar-refractivity contribution in [3.63, 3.8) is 0 Å². The zero-order valence-electron chi connectivity index (χ0n) is 11.4. The topological polar surface area (TPSA) is 98.0 Å². The highest BCUT2D eigenvalue weighted by atomic mass is 32.2. The molecule has 110 valence electrons. The number of nitrogens with zero attached hydrogens (tertiary/aromatic N) is 2. The van der Waals surface area contributed by atoms with Crippen molar-refractivity contribution in [1.29, 1.82) is 0 Å². The van der Waals surface area contributed by atoms with E-state index in [0.29, 0.717) is 12.4 Å². The van der Waals surface area contributed by atoms with E-state index in [2.05, 4.69) is 15.3 Å².